The molecule has 1 unspecified atom stereocenters. The molecule has 0 amide bonds. The van der Waals surface area contributed by atoms with Gasteiger partial charge in [-0.1, -0.05) is 30.3 Å². The predicted molar refractivity (Wildman–Crippen MR) is 124 cm³/mol. The van der Waals surface area contributed by atoms with E-state index in [0.29, 0.717) is 18.3 Å². The van der Waals surface area contributed by atoms with Crippen molar-refractivity contribution in [1.82, 2.24) is 24.9 Å². The Morgan fingerprint density at radius 3 is 2.75 bits per heavy atom. The first kappa shape index (κ1) is 19.3. The Labute approximate surface area is 186 Å². The van der Waals surface area contributed by atoms with E-state index < -0.39 is 0 Å². The summed E-state index contributed by atoms with van der Waals surface area (Å²) in [6.45, 7) is 2.55. The van der Waals surface area contributed by atoms with Crippen molar-refractivity contribution in [3.8, 4) is 17.1 Å². The van der Waals surface area contributed by atoms with Gasteiger partial charge >= 0.3 is 0 Å². The second-order valence-electron chi connectivity index (χ2n) is 8.59. The van der Waals surface area contributed by atoms with Gasteiger partial charge in [-0.25, -0.2) is 0 Å². The van der Waals surface area contributed by atoms with Crippen LogP contribution in [0.3, 0.4) is 0 Å². The molecule has 32 heavy (non-hydrogen) atoms. The van der Waals surface area contributed by atoms with E-state index in [1.165, 1.54) is 24.0 Å². The van der Waals surface area contributed by atoms with Crippen molar-refractivity contribution in [3.63, 3.8) is 0 Å². The summed E-state index contributed by atoms with van der Waals surface area (Å²) >= 11 is 0. The summed E-state index contributed by atoms with van der Waals surface area (Å²) in [4.78, 5) is 9.25. The van der Waals surface area contributed by atoms with Crippen molar-refractivity contribution in [3.05, 3.63) is 72.1 Å². The van der Waals surface area contributed by atoms with E-state index in [1.54, 1.807) is 0 Å². The zero-order valence-electron chi connectivity index (χ0n) is 17.9. The molecule has 4 aromatic rings. The number of hydrogen-bond donors (Lipinski definition) is 2. The number of rotatable bonds is 7. The van der Waals surface area contributed by atoms with Crippen molar-refractivity contribution in [1.29, 1.82) is 0 Å². The molecule has 1 atom stereocenters. The van der Waals surface area contributed by atoms with Gasteiger partial charge in [-0.2, -0.15) is 14.6 Å². The molecule has 2 aliphatic rings. The molecule has 1 saturated heterocycles. The maximum Gasteiger partial charge on any atom is 0.219 e. The maximum absolute atomic E-state index is 6.20. The van der Waals surface area contributed by atoms with E-state index in [9.17, 15) is 0 Å². The van der Waals surface area contributed by atoms with Crippen LogP contribution in [0.25, 0.3) is 16.9 Å². The maximum atomic E-state index is 6.20. The number of pyridine rings is 1. The molecular weight excluding hydrogens is 400 g/mol. The van der Waals surface area contributed by atoms with Crippen LogP contribution in [0.4, 0.5) is 5.82 Å². The Morgan fingerprint density at radius 1 is 1.09 bits per heavy atom. The van der Waals surface area contributed by atoms with Crippen LogP contribution in [0.15, 0.2) is 60.9 Å². The van der Waals surface area contributed by atoms with Gasteiger partial charge in [0.25, 0.3) is 0 Å². The molecule has 162 valence electrons. The summed E-state index contributed by atoms with van der Waals surface area (Å²) in [6.07, 6.45) is 7.39. The lowest BCUT2D eigenvalue weighted by Gasteiger charge is -2.15. The first-order valence-electron chi connectivity index (χ1n) is 11.3. The van der Waals surface area contributed by atoms with Crippen LogP contribution < -0.4 is 15.4 Å². The number of benzene rings is 1. The van der Waals surface area contributed by atoms with E-state index >= 15 is 0 Å². The molecule has 7 heteroatoms. The summed E-state index contributed by atoms with van der Waals surface area (Å²) in [5, 5.41) is 11.5. The number of fused-ring (bicyclic) bond motifs is 1. The summed E-state index contributed by atoms with van der Waals surface area (Å²) in [5.41, 5.74) is 5.41. The number of nitrogens with zero attached hydrogens (tertiary/aromatic N) is 4. The SMILES string of the molecule is c1ccc(-c2ccc(CNc3cc(OC4CCNC4)nc4c(C5CC5)cnn34)cc2)nc1. The second kappa shape index (κ2) is 8.24. The fourth-order valence-electron chi connectivity index (χ4n) is 4.25. The lowest BCUT2D eigenvalue weighted by Crippen LogP contribution is -2.20. The van der Waals surface area contributed by atoms with Crippen molar-refractivity contribution in [2.75, 3.05) is 18.4 Å². The predicted octanol–water partition coefficient (Wildman–Crippen LogP) is 4.02. The molecule has 0 radical (unpaired) electrons. The average Bonchev–Trinajstić information content (AvgIpc) is 3.38. The highest BCUT2D eigenvalue weighted by molar-refractivity contribution is 5.60. The van der Waals surface area contributed by atoms with Gasteiger partial charge in [-0.3, -0.25) is 4.98 Å². The van der Waals surface area contributed by atoms with Gasteiger partial charge in [0, 0.05) is 36.5 Å². The zero-order valence-corrected chi connectivity index (χ0v) is 17.9. The number of anilines is 1. The third-order valence-corrected chi connectivity index (χ3v) is 6.18. The lowest BCUT2D eigenvalue weighted by atomic mass is 10.1. The van der Waals surface area contributed by atoms with E-state index in [1.807, 2.05) is 41.2 Å². The van der Waals surface area contributed by atoms with Crippen molar-refractivity contribution < 1.29 is 4.74 Å². The number of nitrogens with one attached hydrogen (secondary N) is 2. The number of ether oxygens (including phenoxy) is 1. The average molecular weight is 427 g/mol. The second-order valence-corrected chi connectivity index (χ2v) is 8.59. The minimum atomic E-state index is 0.171. The van der Waals surface area contributed by atoms with Gasteiger partial charge < -0.3 is 15.4 Å². The smallest absolute Gasteiger partial charge is 0.219 e. The summed E-state index contributed by atoms with van der Waals surface area (Å²) in [5.74, 6) is 2.15. The van der Waals surface area contributed by atoms with Gasteiger partial charge in [-0.05, 0) is 49.4 Å². The molecule has 1 aliphatic heterocycles. The quantitative estimate of drug-likeness (QED) is 0.465. The lowest BCUT2D eigenvalue weighted by molar-refractivity contribution is 0.214. The van der Waals surface area contributed by atoms with Gasteiger partial charge in [0.2, 0.25) is 5.88 Å². The first-order valence-corrected chi connectivity index (χ1v) is 11.3. The fraction of sp³-hybridized carbons (Fsp3) is 0.320. The summed E-state index contributed by atoms with van der Waals surface area (Å²) < 4.78 is 8.12. The van der Waals surface area contributed by atoms with Crippen LogP contribution in [0.5, 0.6) is 5.88 Å². The zero-order chi connectivity index (χ0) is 21.3. The third-order valence-electron chi connectivity index (χ3n) is 6.18. The van der Waals surface area contributed by atoms with Gasteiger partial charge in [0.05, 0.1) is 11.9 Å². The Morgan fingerprint density at radius 2 is 2.00 bits per heavy atom. The molecule has 6 rings (SSSR count). The topological polar surface area (TPSA) is 76.4 Å². The fourth-order valence-corrected chi connectivity index (χ4v) is 4.25. The van der Waals surface area contributed by atoms with E-state index in [-0.39, 0.29) is 6.10 Å². The van der Waals surface area contributed by atoms with Crippen LogP contribution >= 0.6 is 0 Å². The monoisotopic (exact) mass is 426 g/mol. The molecule has 2 N–H and O–H groups in total. The highest BCUT2D eigenvalue weighted by Gasteiger charge is 2.28. The Bertz CT molecular complexity index is 1210. The first-order chi connectivity index (χ1) is 15.8. The van der Waals surface area contributed by atoms with Crippen LogP contribution in [0, 0.1) is 0 Å². The summed E-state index contributed by atoms with van der Waals surface area (Å²) in [6, 6.07) is 16.4. The van der Waals surface area contributed by atoms with Crippen LogP contribution in [-0.4, -0.2) is 38.8 Å². The molecule has 1 aliphatic carbocycles. The van der Waals surface area contributed by atoms with Crippen molar-refractivity contribution in [2.45, 2.75) is 37.8 Å². The minimum Gasteiger partial charge on any atom is -0.473 e. The Balaban J connectivity index is 1.25. The van der Waals surface area contributed by atoms with Crippen LogP contribution in [0.2, 0.25) is 0 Å². The minimum absolute atomic E-state index is 0.171. The molecule has 4 heterocycles. The van der Waals surface area contributed by atoms with Crippen LogP contribution in [-0.2, 0) is 6.54 Å². The molecule has 1 saturated carbocycles. The molecule has 7 nitrogen and oxygen atoms in total. The number of hydrogen-bond acceptors (Lipinski definition) is 6. The van der Waals surface area contributed by atoms with Gasteiger partial charge in [-0.15, -0.1) is 0 Å². The largest absolute Gasteiger partial charge is 0.473 e. The van der Waals surface area contributed by atoms with Crippen molar-refractivity contribution in [2.24, 2.45) is 0 Å². The highest BCUT2D eigenvalue weighted by Crippen LogP contribution is 2.42. The summed E-state index contributed by atoms with van der Waals surface area (Å²) in [7, 11) is 0. The Kier molecular flexibility index (Phi) is 4.96. The van der Waals surface area contributed by atoms with Gasteiger partial charge in [0.1, 0.15) is 11.9 Å². The third kappa shape index (κ3) is 3.91. The standard InChI is InChI=1S/C25H26N6O/c1-2-11-27-22(3-1)19-6-4-17(5-7-19)14-28-23-13-24(32-20-10-12-26-15-20)30-25-21(18-8-9-18)16-29-31(23)25/h1-7,11,13,16,18,20,26,28H,8-10,12,14-15H2. The highest BCUT2D eigenvalue weighted by atomic mass is 16.5. The molecule has 2 fully saturated rings. The van der Waals surface area contributed by atoms with Crippen LogP contribution in [0.1, 0.15) is 36.3 Å². The van der Waals surface area contributed by atoms with Gasteiger partial charge in [0.15, 0.2) is 5.65 Å². The van der Waals surface area contributed by atoms with E-state index in [4.69, 9.17) is 9.72 Å². The molecular formula is C25H26N6O. The molecule has 0 spiro atoms. The normalized spacial score (nSPS) is 18.2. The molecule has 0 bridgehead atoms. The molecule has 1 aromatic carbocycles. The van der Waals surface area contributed by atoms with E-state index in [0.717, 1.165) is 42.2 Å². The van der Waals surface area contributed by atoms with E-state index in [2.05, 4.69) is 45.0 Å². The Hall–Kier alpha value is -3.45. The molecule has 3 aromatic heterocycles. The number of aromatic nitrogens is 4. The van der Waals surface area contributed by atoms with Crippen molar-refractivity contribution >= 4 is 11.5 Å².